The third-order valence-electron chi connectivity index (χ3n) is 3.68. The van der Waals surface area contributed by atoms with E-state index < -0.39 is 17.2 Å². The Labute approximate surface area is 144 Å². The number of benzene rings is 2. The van der Waals surface area contributed by atoms with Crippen molar-refractivity contribution in [3.8, 4) is 11.4 Å². The second-order valence-corrected chi connectivity index (χ2v) is 5.79. The fraction of sp³-hybridized carbons (Fsp3) is 0.105. The van der Waals surface area contributed by atoms with E-state index in [1.807, 2.05) is 32.0 Å². The summed E-state index contributed by atoms with van der Waals surface area (Å²) in [5, 5.41) is 16.7. The summed E-state index contributed by atoms with van der Waals surface area (Å²) >= 11 is 0. The third kappa shape index (κ3) is 3.58. The van der Waals surface area contributed by atoms with Gasteiger partial charge in [0, 0.05) is 11.8 Å². The molecule has 0 aliphatic heterocycles. The first-order valence-electron chi connectivity index (χ1n) is 7.72. The molecule has 0 atom stereocenters. The number of nitrogens with zero attached hydrogens (tertiary/aromatic N) is 2. The van der Waals surface area contributed by atoms with Gasteiger partial charge in [0.1, 0.15) is 0 Å². The quantitative estimate of drug-likeness (QED) is 0.771. The highest BCUT2D eigenvalue weighted by atomic mass is 16.3. The monoisotopic (exact) mass is 335 g/mol. The van der Waals surface area contributed by atoms with Crippen LogP contribution in [0.5, 0.6) is 5.75 Å². The molecule has 3 aromatic rings. The Hall–Kier alpha value is -3.41. The van der Waals surface area contributed by atoms with Crippen molar-refractivity contribution in [3.63, 3.8) is 0 Å². The van der Waals surface area contributed by atoms with E-state index in [0.717, 1.165) is 21.9 Å². The van der Waals surface area contributed by atoms with Crippen LogP contribution < -0.4 is 10.9 Å². The molecular weight excluding hydrogens is 318 g/mol. The molecule has 1 heterocycles. The van der Waals surface area contributed by atoms with E-state index in [0.29, 0.717) is 11.4 Å². The average molecular weight is 335 g/mol. The van der Waals surface area contributed by atoms with Crippen LogP contribution in [0, 0.1) is 13.8 Å². The minimum Gasteiger partial charge on any atom is -0.505 e. The number of aryl methyl sites for hydroxylation is 2. The van der Waals surface area contributed by atoms with Gasteiger partial charge in [0.15, 0.2) is 11.4 Å². The van der Waals surface area contributed by atoms with E-state index in [2.05, 4.69) is 10.4 Å². The first-order valence-corrected chi connectivity index (χ1v) is 7.72. The minimum atomic E-state index is -0.595. The van der Waals surface area contributed by atoms with Crippen molar-refractivity contribution in [1.82, 2.24) is 9.78 Å². The van der Waals surface area contributed by atoms with Gasteiger partial charge in [-0.1, -0.05) is 29.8 Å². The first-order chi connectivity index (χ1) is 11.9. The maximum atomic E-state index is 12.4. The lowest BCUT2D eigenvalue weighted by atomic mass is 10.2. The van der Waals surface area contributed by atoms with Gasteiger partial charge in [-0.3, -0.25) is 9.59 Å². The van der Waals surface area contributed by atoms with Gasteiger partial charge >= 0.3 is 0 Å². The van der Waals surface area contributed by atoms with Gasteiger partial charge in [-0.25, -0.2) is 0 Å². The fourth-order valence-electron chi connectivity index (χ4n) is 2.38. The smallest absolute Gasteiger partial charge is 0.279 e. The van der Waals surface area contributed by atoms with Crippen molar-refractivity contribution in [1.29, 1.82) is 0 Å². The van der Waals surface area contributed by atoms with Gasteiger partial charge in [0.25, 0.3) is 11.5 Å². The van der Waals surface area contributed by atoms with E-state index in [-0.39, 0.29) is 5.69 Å². The average Bonchev–Trinajstić information content (AvgIpc) is 2.57. The van der Waals surface area contributed by atoms with Crippen molar-refractivity contribution in [2.75, 3.05) is 5.32 Å². The van der Waals surface area contributed by atoms with Gasteiger partial charge in [-0.2, -0.15) is 9.78 Å². The molecule has 0 unspecified atom stereocenters. The number of anilines is 1. The summed E-state index contributed by atoms with van der Waals surface area (Å²) in [7, 11) is 0. The summed E-state index contributed by atoms with van der Waals surface area (Å²) < 4.78 is 1.09. The molecule has 25 heavy (non-hydrogen) atoms. The van der Waals surface area contributed by atoms with Gasteiger partial charge < -0.3 is 10.4 Å². The molecular formula is C19H17N3O3. The Morgan fingerprint density at radius 1 is 1.04 bits per heavy atom. The predicted octanol–water partition coefficient (Wildman–Crippen LogP) is 2.81. The van der Waals surface area contributed by atoms with Gasteiger partial charge in [0.2, 0.25) is 0 Å². The van der Waals surface area contributed by atoms with Crippen LogP contribution in [0.3, 0.4) is 0 Å². The second-order valence-electron chi connectivity index (χ2n) is 5.79. The topological polar surface area (TPSA) is 84.2 Å². The SMILES string of the molecule is Cc1ccc(NC(=O)c2nn(-c3cccc(C)c3)c(=O)cc2O)cc1. The summed E-state index contributed by atoms with van der Waals surface area (Å²) in [5.74, 6) is -1.05. The number of hydrogen-bond donors (Lipinski definition) is 2. The van der Waals surface area contributed by atoms with E-state index >= 15 is 0 Å². The second kappa shape index (κ2) is 6.60. The van der Waals surface area contributed by atoms with E-state index in [1.54, 1.807) is 30.3 Å². The molecule has 0 radical (unpaired) electrons. The molecule has 0 spiro atoms. The van der Waals surface area contributed by atoms with E-state index in [1.165, 1.54) is 0 Å². The van der Waals surface area contributed by atoms with Crippen LogP contribution in [-0.2, 0) is 0 Å². The van der Waals surface area contributed by atoms with Gasteiger partial charge in [-0.05, 0) is 43.7 Å². The number of hydrogen-bond acceptors (Lipinski definition) is 4. The molecule has 0 saturated heterocycles. The highest BCUT2D eigenvalue weighted by molar-refractivity contribution is 6.04. The summed E-state index contributed by atoms with van der Waals surface area (Å²) in [4.78, 5) is 24.6. The fourth-order valence-corrected chi connectivity index (χ4v) is 2.38. The van der Waals surface area contributed by atoms with Crippen LogP contribution in [0.15, 0.2) is 59.4 Å². The number of rotatable bonds is 3. The zero-order chi connectivity index (χ0) is 18.0. The van der Waals surface area contributed by atoms with Crippen molar-refractivity contribution in [2.24, 2.45) is 0 Å². The standard InChI is InChI=1S/C19H17N3O3/c1-12-6-8-14(9-7-12)20-19(25)18-16(23)11-17(24)22(21-18)15-5-3-4-13(2)10-15/h3-11,23H,1-2H3,(H,20,25). The van der Waals surface area contributed by atoms with Crippen molar-refractivity contribution in [2.45, 2.75) is 13.8 Å². The molecule has 0 aliphatic rings. The van der Waals surface area contributed by atoms with Gasteiger partial charge in [-0.15, -0.1) is 0 Å². The number of aromatic hydroxyl groups is 1. The van der Waals surface area contributed by atoms with Crippen LogP contribution >= 0.6 is 0 Å². The Balaban J connectivity index is 1.98. The van der Waals surface area contributed by atoms with Crippen LogP contribution in [0.2, 0.25) is 0 Å². The summed E-state index contributed by atoms with van der Waals surface area (Å²) in [6, 6.07) is 15.4. The molecule has 2 N–H and O–H groups in total. The first kappa shape index (κ1) is 16.4. The lowest BCUT2D eigenvalue weighted by molar-refractivity contribution is 0.101. The molecule has 6 heteroatoms. The number of amides is 1. The third-order valence-corrected chi connectivity index (χ3v) is 3.68. The summed E-state index contributed by atoms with van der Waals surface area (Å²) in [6.07, 6.45) is 0. The highest BCUT2D eigenvalue weighted by Gasteiger charge is 2.17. The van der Waals surface area contributed by atoms with Crippen LogP contribution in [-0.4, -0.2) is 20.8 Å². The number of carbonyl (C=O) groups is 1. The number of carbonyl (C=O) groups excluding carboxylic acids is 1. The number of nitrogens with one attached hydrogen (secondary N) is 1. The molecule has 3 rings (SSSR count). The Morgan fingerprint density at radius 3 is 2.44 bits per heavy atom. The normalized spacial score (nSPS) is 10.5. The maximum absolute atomic E-state index is 12.4. The lowest BCUT2D eigenvalue weighted by Crippen LogP contribution is -2.25. The Bertz CT molecular complexity index is 992. The highest BCUT2D eigenvalue weighted by Crippen LogP contribution is 2.16. The molecule has 126 valence electrons. The van der Waals surface area contributed by atoms with Crippen LogP contribution in [0.1, 0.15) is 21.6 Å². The molecule has 0 aliphatic carbocycles. The van der Waals surface area contributed by atoms with E-state index in [4.69, 9.17) is 0 Å². The lowest BCUT2D eigenvalue weighted by Gasteiger charge is -2.10. The van der Waals surface area contributed by atoms with Crippen LogP contribution in [0.25, 0.3) is 5.69 Å². The Kier molecular flexibility index (Phi) is 4.35. The van der Waals surface area contributed by atoms with E-state index in [9.17, 15) is 14.7 Å². The molecule has 0 fully saturated rings. The minimum absolute atomic E-state index is 0.221. The van der Waals surface area contributed by atoms with Gasteiger partial charge in [0.05, 0.1) is 5.69 Å². The summed E-state index contributed by atoms with van der Waals surface area (Å²) in [6.45, 7) is 3.83. The Morgan fingerprint density at radius 2 is 1.76 bits per heavy atom. The maximum Gasteiger partial charge on any atom is 0.279 e. The molecule has 6 nitrogen and oxygen atoms in total. The number of aromatic nitrogens is 2. The molecule has 0 saturated carbocycles. The van der Waals surface area contributed by atoms with Crippen molar-refractivity contribution >= 4 is 11.6 Å². The van der Waals surface area contributed by atoms with Crippen LogP contribution in [0.4, 0.5) is 5.69 Å². The van der Waals surface area contributed by atoms with Crippen molar-refractivity contribution in [3.05, 3.63) is 81.8 Å². The molecule has 2 aromatic carbocycles. The zero-order valence-electron chi connectivity index (χ0n) is 13.9. The molecule has 1 amide bonds. The summed E-state index contributed by atoms with van der Waals surface area (Å²) in [5.41, 5.74) is 2.37. The molecule has 0 bridgehead atoms. The zero-order valence-corrected chi connectivity index (χ0v) is 13.9. The largest absolute Gasteiger partial charge is 0.505 e. The van der Waals surface area contributed by atoms with Crippen molar-refractivity contribution < 1.29 is 9.90 Å². The predicted molar refractivity (Wildman–Crippen MR) is 95.4 cm³/mol. The molecule has 1 aromatic heterocycles.